The Morgan fingerprint density at radius 2 is 1.79 bits per heavy atom. The zero-order chi connectivity index (χ0) is 20.4. The Morgan fingerprint density at radius 3 is 2.45 bits per heavy atom. The fourth-order valence-corrected chi connectivity index (χ4v) is 3.96. The number of likely N-dealkylation sites (tertiary alicyclic amines) is 1. The lowest BCUT2D eigenvalue weighted by molar-refractivity contribution is 0.0600. The zero-order valence-corrected chi connectivity index (χ0v) is 16.9. The minimum atomic E-state index is -0.0947. The predicted octanol–water partition coefficient (Wildman–Crippen LogP) is 3.96. The molecule has 0 radical (unpaired) electrons. The molecule has 1 fully saturated rings. The lowest BCUT2D eigenvalue weighted by Crippen LogP contribution is -2.39. The van der Waals surface area contributed by atoms with E-state index < -0.39 is 0 Å². The van der Waals surface area contributed by atoms with Gasteiger partial charge in [0.15, 0.2) is 11.5 Å². The number of para-hydroxylation sites is 2. The predicted molar refractivity (Wildman–Crippen MR) is 110 cm³/mol. The highest BCUT2D eigenvalue weighted by Gasteiger charge is 2.32. The first-order chi connectivity index (χ1) is 14.2. The molecule has 1 aromatic heterocycles. The molecule has 29 heavy (non-hydrogen) atoms. The standard InChI is InChI=1S/C22H25N3O4/c1-27-18-12-14(13-19(28-2)20(18)29-3)22(26)25-11-7-6-10-17(25)21-23-15-8-4-5-9-16(15)24-21/h4-5,8-9,12-13,17H,6-7,10-11H2,1-3H3,(H,23,24). The summed E-state index contributed by atoms with van der Waals surface area (Å²) in [6.45, 7) is 0.678. The van der Waals surface area contributed by atoms with Crippen molar-refractivity contribution in [3.8, 4) is 17.2 Å². The fourth-order valence-electron chi connectivity index (χ4n) is 3.96. The van der Waals surface area contributed by atoms with E-state index >= 15 is 0 Å². The van der Waals surface area contributed by atoms with Gasteiger partial charge < -0.3 is 24.1 Å². The third-order valence-electron chi connectivity index (χ3n) is 5.40. The van der Waals surface area contributed by atoms with Crippen LogP contribution in [0, 0.1) is 0 Å². The molecule has 7 nitrogen and oxygen atoms in total. The number of aromatic nitrogens is 2. The van der Waals surface area contributed by atoms with Crippen molar-refractivity contribution in [3.63, 3.8) is 0 Å². The monoisotopic (exact) mass is 395 g/mol. The van der Waals surface area contributed by atoms with Gasteiger partial charge in [-0.25, -0.2) is 4.98 Å². The molecule has 1 N–H and O–H groups in total. The number of amides is 1. The highest BCUT2D eigenvalue weighted by Crippen LogP contribution is 2.39. The highest BCUT2D eigenvalue weighted by atomic mass is 16.5. The number of aromatic amines is 1. The van der Waals surface area contributed by atoms with Gasteiger partial charge in [0.05, 0.1) is 38.4 Å². The van der Waals surface area contributed by atoms with Gasteiger partial charge in [-0.15, -0.1) is 0 Å². The van der Waals surface area contributed by atoms with Gasteiger partial charge in [0.2, 0.25) is 5.75 Å². The van der Waals surface area contributed by atoms with E-state index in [0.717, 1.165) is 36.1 Å². The van der Waals surface area contributed by atoms with Crippen LogP contribution < -0.4 is 14.2 Å². The zero-order valence-electron chi connectivity index (χ0n) is 16.9. The van der Waals surface area contributed by atoms with Gasteiger partial charge in [0, 0.05) is 12.1 Å². The van der Waals surface area contributed by atoms with Crippen molar-refractivity contribution in [1.29, 1.82) is 0 Å². The molecule has 1 aliphatic heterocycles. The molecular weight excluding hydrogens is 370 g/mol. The summed E-state index contributed by atoms with van der Waals surface area (Å²) in [5.41, 5.74) is 2.39. The van der Waals surface area contributed by atoms with E-state index in [2.05, 4.69) is 4.98 Å². The number of rotatable bonds is 5. The molecule has 0 bridgehead atoms. The summed E-state index contributed by atoms with van der Waals surface area (Å²) in [5, 5.41) is 0. The van der Waals surface area contributed by atoms with E-state index in [9.17, 15) is 4.79 Å². The largest absolute Gasteiger partial charge is 0.493 e. The molecule has 2 heterocycles. The summed E-state index contributed by atoms with van der Waals surface area (Å²) >= 11 is 0. The highest BCUT2D eigenvalue weighted by molar-refractivity contribution is 5.96. The minimum Gasteiger partial charge on any atom is -0.493 e. The maximum absolute atomic E-state index is 13.5. The van der Waals surface area contributed by atoms with Crippen LogP contribution in [-0.2, 0) is 0 Å². The molecule has 3 aromatic rings. The second-order valence-corrected chi connectivity index (χ2v) is 7.06. The Kier molecular flexibility index (Phi) is 5.29. The minimum absolute atomic E-state index is 0.0746. The van der Waals surface area contributed by atoms with Gasteiger partial charge in [0.1, 0.15) is 5.82 Å². The van der Waals surface area contributed by atoms with E-state index in [-0.39, 0.29) is 11.9 Å². The summed E-state index contributed by atoms with van der Waals surface area (Å²) in [4.78, 5) is 23.5. The third kappa shape index (κ3) is 3.48. The van der Waals surface area contributed by atoms with Gasteiger partial charge in [-0.1, -0.05) is 12.1 Å². The van der Waals surface area contributed by atoms with Crippen LogP contribution in [0.1, 0.15) is 41.5 Å². The Hall–Kier alpha value is -3.22. The number of nitrogens with one attached hydrogen (secondary N) is 1. The maximum atomic E-state index is 13.5. The number of benzene rings is 2. The molecule has 1 amide bonds. The maximum Gasteiger partial charge on any atom is 0.254 e. The van der Waals surface area contributed by atoms with Crippen LogP contribution in [0.3, 0.4) is 0 Å². The summed E-state index contributed by atoms with van der Waals surface area (Å²) in [5.74, 6) is 2.15. The normalized spacial score (nSPS) is 16.7. The molecule has 1 aliphatic rings. The molecule has 0 spiro atoms. The van der Waals surface area contributed by atoms with Gasteiger partial charge >= 0.3 is 0 Å². The van der Waals surface area contributed by atoms with Crippen molar-refractivity contribution in [1.82, 2.24) is 14.9 Å². The number of hydrogen-bond donors (Lipinski definition) is 1. The van der Waals surface area contributed by atoms with Crippen LogP contribution in [0.2, 0.25) is 0 Å². The van der Waals surface area contributed by atoms with Gasteiger partial charge in [-0.3, -0.25) is 4.79 Å². The first-order valence-corrected chi connectivity index (χ1v) is 9.72. The Labute approximate surface area is 169 Å². The lowest BCUT2D eigenvalue weighted by Gasteiger charge is -2.34. The summed E-state index contributed by atoms with van der Waals surface area (Å²) in [6, 6.07) is 11.2. The molecule has 0 aliphatic carbocycles. The molecule has 4 rings (SSSR count). The number of hydrogen-bond acceptors (Lipinski definition) is 5. The van der Waals surface area contributed by atoms with E-state index in [1.807, 2.05) is 29.2 Å². The van der Waals surface area contributed by atoms with E-state index in [0.29, 0.717) is 29.4 Å². The van der Waals surface area contributed by atoms with Gasteiger partial charge in [0.25, 0.3) is 5.91 Å². The van der Waals surface area contributed by atoms with Crippen molar-refractivity contribution in [3.05, 3.63) is 47.8 Å². The first-order valence-electron chi connectivity index (χ1n) is 9.72. The van der Waals surface area contributed by atoms with E-state index in [1.54, 1.807) is 33.5 Å². The number of nitrogens with zero attached hydrogens (tertiary/aromatic N) is 2. The quantitative estimate of drug-likeness (QED) is 0.708. The number of methoxy groups -OCH3 is 3. The van der Waals surface area contributed by atoms with Crippen LogP contribution >= 0.6 is 0 Å². The van der Waals surface area contributed by atoms with Crippen molar-refractivity contribution in [2.24, 2.45) is 0 Å². The number of fused-ring (bicyclic) bond motifs is 1. The summed E-state index contributed by atoms with van der Waals surface area (Å²) in [7, 11) is 4.64. The van der Waals surface area contributed by atoms with Crippen LogP contribution in [0.5, 0.6) is 17.2 Å². The van der Waals surface area contributed by atoms with E-state index in [1.165, 1.54) is 0 Å². The Morgan fingerprint density at radius 1 is 1.07 bits per heavy atom. The smallest absolute Gasteiger partial charge is 0.254 e. The Bertz CT molecular complexity index is 972. The number of ether oxygens (including phenoxy) is 3. The molecule has 1 atom stereocenters. The lowest BCUT2D eigenvalue weighted by atomic mass is 10.00. The van der Waals surface area contributed by atoms with Crippen molar-refractivity contribution >= 4 is 16.9 Å². The van der Waals surface area contributed by atoms with Crippen molar-refractivity contribution < 1.29 is 19.0 Å². The molecule has 0 saturated carbocycles. The second-order valence-electron chi connectivity index (χ2n) is 7.06. The van der Waals surface area contributed by atoms with Crippen LogP contribution in [0.25, 0.3) is 11.0 Å². The first kappa shape index (κ1) is 19.1. The molecule has 7 heteroatoms. The third-order valence-corrected chi connectivity index (χ3v) is 5.40. The fraction of sp³-hybridized carbons (Fsp3) is 0.364. The molecule has 1 unspecified atom stereocenters. The number of piperidine rings is 1. The number of carbonyl (C=O) groups is 1. The molecule has 152 valence electrons. The van der Waals surface area contributed by atoms with Crippen LogP contribution in [0.15, 0.2) is 36.4 Å². The van der Waals surface area contributed by atoms with Crippen molar-refractivity contribution in [2.45, 2.75) is 25.3 Å². The number of imidazole rings is 1. The summed E-state index contributed by atoms with van der Waals surface area (Å²) < 4.78 is 16.2. The van der Waals surface area contributed by atoms with E-state index in [4.69, 9.17) is 19.2 Å². The van der Waals surface area contributed by atoms with Crippen LogP contribution in [0.4, 0.5) is 0 Å². The summed E-state index contributed by atoms with van der Waals surface area (Å²) in [6.07, 6.45) is 2.89. The van der Waals surface area contributed by atoms with Gasteiger partial charge in [-0.05, 0) is 43.5 Å². The Balaban J connectivity index is 1.70. The number of H-pyrrole nitrogens is 1. The number of carbonyl (C=O) groups excluding carboxylic acids is 1. The van der Waals surface area contributed by atoms with Crippen LogP contribution in [-0.4, -0.2) is 48.6 Å². The SMILES string of the molecule is COc1cc(C(=O)N2CCCCC2c2nc3ccccc3[nH]2)cc(OC)c1OC. The average molecular weight is 395 g/mol. The molecule has 1 saturated heterocycles. The average Bonchev–Trinajstić information content (AvgIpc) is 3.21. The molecule has 2 aromatic carbocycles. The molecular formula is C22H25N3O4. The second kappa shape index (κ2) is 8.03. The topological polar surface area (TPSA) is 76.7 Å². The van der Waals surface area contributed by atoms with Gasteiger partial charge in [-0.2, -0.15) is 0 Å². The van der Waals surface area contributed by atoms with Crippen molar-refractivity contribution in [2.75, 3.05) is 27.9 Å².